The number of pyridine rings is 1. The van der Waals surface area contributed by atoms with E-state index >= 15 is 0 Å². The largest absolute Gasteiger partial charge is 0.336 e. The Morgan fingerprint density at radius 2 is 1.96 bits per heavy atom. The van der Waals surface area contributed by atoms with E-state index in [0.29, 0.717) is 19.6 Å². The van der Waals surface area contributed by atoms with Gasteiger partial charge in [0.05, 0.1) is 18.2 Å². The van der Waals surface area contributed by atoms with E-state index in [4.69, 9.17) is 0 Å². The monoisotopic (exact) mass is 351 g/mol. The van der Waals surface area contributed by atoms with Gasteiger partial charge >= 0.3 is 0 Å². The molecule has 0 N–H and O–H groups in total. The highest BCUT2D eigenvalue weighted by Crippen LogP contribution is 2.25. The molecule has 0 radical (unpaired) electrons. The molecule has 1 aliphatic heterocycles. The number of likely N-dealkylation sites (tertiary alicyclic amines) is 1. The van der Waals surface area contributed by atoms with Crippen LogP contribution in [-0.4, -0.2) is 34.8 Å². The molecule has 0 bridgehead atoms. The fourth-order valence-electron chi connectivity index (χ4n) is 3.29. The predicted octanol–water partition coefficient (Wildman–Crippen LogP) is 3.26. The van der Waals surface area contributed by atoms with Crippen molar-refractivity contribution < 1.29 is 9.59 Å². The molecule has 1 aromatic heterocycles. The molecule has 136 valence electrons. The lowest BCUT2D eigenvalue weighted by Crippen LogP contribution is -2.38. The fourth-order valence-corrected chi connectivity index (χ4v) is 3.29. The summed E-state index contributed by atoms with van der Waals surface area (Å²) in [4.78, 5) is 33.4. The molecule has 0 spiro atoms. The summed E-state index contributed by atoms with van der Waals surface area (Å²) in [5.41, 5.74) is 1.75. The number of para-hydroxylation sites is 1. The number of carbonyl (C=O) groups is 2. The van der Waals surface area contributed by atoms with Crippen LogP contribution in [0.15, 0.2) is 54.7 Å². The molecule has 3 rings (SSSR count). The molecule has 0 saturated carbocycles. The molecule has 1 saturated heterocycles. The van der Waals surface area contributed by atoms with Crippen LogP contribution in [0.1, 0.15) is 31.9 Å². The number of aromatic nitrogens is 1. The summed E-state index contributed by atoms with van der Waals surface area (Å²) in [6.07, 6.45) is 3.96. The van der Waals surface area contributed by atoms with Crippen molar-refractivity contribution in [2.24, 2.45) is 5.92 Å². The molecule has 26 heavy (non-hydrogen) atoms. The minimum absolute atomic E-state index is 0.0255. The average Bonchev–Trinajstić information content (AvgIpc) is 3.04. The van der Waals surface area contributed by atoms with Crippen LogP contribution in [0.4, 0.5) is 5.69 Å². The van der Waals surface area contributed by atoms with Gasteiger partial charge in [0, 0.05) is 31.4 Å². The first-order chi connectivity index (χ1) is 12.7. The second-order valence-corrected chi connectivity index (χ2v) is 6.68. The van der Waals surface area contributed by atoms with E-state index in [1.807, 2.05) is 53.4 Å². The smallest absolute Gasteiger partial charge is 0.232 e. The third-order valence-corrected chi connectivity index (χ3v) is 4.71. The number of rotatable bonds is 7. The zero-order chi connectivity index (χ0) is 18.4. The molecule has 2 heterocycles. The number of unbranched alkanes of at least 4 members (excludes halogenated alkanes) is 1. The van der Waals surface area contributed by atoms with E-state index in [9.17, 15) is 9.59 Å². The molecule has 2 aromatic rings. The second-order valence-electron chi connectivity index (χ2n) is 6.68. The van der Waals surface area contributed by atoms with E-state index < -0.39 is 0 Å². The first-order valence-corrected chi connectivity index (χ1v) is 9.23. The average molecular weight is 351 g/mol. The van der Waals surface area contributed by atoms with Crippen LogP contribution in [0.3, 0.4) is 0 Å². The molecule has 1 fully saturated rings. The Morgan fingerprint density at radius 3 is 2.65 bits per heavy atom. The lowest BCUT2D eigenvalue weighted by atomic mass is 10.1. The zero-order valence-corrected chi connectivity index (χ0v) is 15.2. The minimum atomic E-state index is -0.289. The van der Waals surface area contributed by atoms with Crippen LogP contribution in [-0.2, 0) is 16.1 Å². The second kappa shape index (κ2) is 8.61. The first-order valence-electron chi connectivity index (χ1n) is 9.23. The zero-order valence-electron chi connectivity index (χ0n) is 15.2. The first kappa shape index (κ1) is 18.1. The van der Waals surface area contributed by atoms with Crippen LogP contribution in [0.5, 0.6) is 0 Å². The van der Waals surface area contributed by atoms with Crippen LogP contribution >= 0.6 is 0 Å². The van der Waals surface area contributed by atoms with Crippen LogP contribution in [0, 0.1) is 5.92 Å². The summed E-state index contributed by atoms with van der Waals surface area (Å²) in [6.45, 7) is 3.72. The summed E-state index contributed by atoms with van der Waals surface area (Å²) in [6, 6.07) is 15.4. The summed E-state index contributed by atoms with van der Waals surface area (Å²) in [7, 11) is 0. The van der Waals surface area contributed by atoms with Crippen molar-refractivity contribution in [3.63, 3.8) is 0 Å². The molecule has 0 aliphatic carbocycles. The highest BCUT2D eigenvalue weighted by atomic mass is 16.2. The summed E-state index contributed by atoms with van der Waals surface area (Å²) >= 11 is 0. The molecule has 5 heteroatoms. The number of amides is 2. The van der Waals surface area contributed by atoms with E-state index in [1.165, 1.54) is 0 Å². The molecular formula is C21H25N3O2. The van der Waals surface area contributed by atoms with Gasteiger partial charge in [0.1, 0.15) is 0 Å². The normalized spacial score (nSPS) is 16.7. The van der Waals surface area contributed by atoms with Gasteiger partial charge in [0.2, 0.25) is 11.8 Å². The van der Waals surface area contributed by atoms with Crippen molar-refractivity contribution in [3.05, 3.63) is 60.4 Å². The minimum Gasteiger partial charge on any atom is -0.336 e. The SMILES string of the molecule is CCCCN(C(=O)C1CC(=O)N(Cc2ccccn2)C1)c1ccccc1. The van der Waals surface area contributed by atoms with Gasteiger partial charge in [-0.1, -0.05) is 37.6 Å². The van der Waals surface area contributed by atoms with Gasteiger partial charge in [-0.25, -0.2) is 0 Å². The quantitative estimate of drug-likeness (QED) is 0.769. The Bertz CT molecular complexity index is 733. The van der Waals surface area contributed by atoms with E-state index in [1.54, 1.807) is 11.1 Å². The Hall–Kier alpha value is -2.69. The van der Waals surface area contributed by atoms with Crippen molar-refractivity contribution in [1.29, 1.82) is 0 Å². The fraction of sp³-hybridized carbons (Fsp3) is 0.381. The molecule has 2 amide bonds. The molecular weight excluding hydrogens is 326 g/mol. The standard InChI is InChI=1S/C21H25N3O2/c1-2-3-13-24(19-10-5-4-6-11-19)21(26)17-14-20(25)23(15-17)16-18-9-7-8-12-22-18/h4-12,17H,2-3,13-16H2,1H3. The Kier molecular flexibility index (Phi) is 6.00. The van der Waals surface area contributed by atoms with Gasteiger partial charge < -0.3 is 9.80 Å². The highest BCUT2D eigenvalue weighted by molar-refractivity contribution is 5.99. The van der Waals surface area contributed by atoms with Crippen molar-refractivity contribution in [2.45, 2.75) is 32.7 Å². The van der Waals surface area contributed by atoms with Gasteiger partial charge in [0.15, 0.2) is 0 Å². The number of anilines is 1. The van der Waals surface area contributed by atoms with Crippen LogP contribution < -0.4 is 4.90 Å². The third-order valence-electron chi connectivity index (χ3n) is 4.71. The maximum atomic E-state index is 13.1. The number of benzene rings is 1. The Morgan fingerprint density at radius 1 is 1.19 bits per heavy atom. The van der Waals surface area contributed by atoms with Gasteiger partial charge in [-0.15, -0.1) is 0 Å². The van der Waals surface area contributed by atoms with Crippen LogP contribution in [0.2, 0.25) is 0 Å². The molecule has 1 atom stereocenters. The van der Waals surface area contributed by atoms with Gasteiger partial charge in [-0.05, 0) is 30.7 Å². The van der Waals surface area contributed by atoms with E-state index in [0.717, 1.165) is 24.2 Å². The van der Waals surface area contributed by atoms with Crippen molar-refractivity contribution >= 4 is 17.5 Å². The molecule has 1 aliphatic rings. The maximum Gasteiger partial charge on any atom is 0.232 e. The number of nitrogens with zero attached hydrogens (tertiary/aromatic N) is 3. The van der Waals surface area contributed by atoms with Crippen LogP contribution in [0.25, 0.3) is 0 Å². The van der Waals surface area contributed by atoms with Crippen molar-refractivity contribution in [1.82, 2.24) is 9.88 Å². The number of hydrogen-bond donors (Lipinski definition) is 0. The predicted molar refractivity (Wildman–Crippen MR) is 101 cm³/mol. The van der Waals surface area contributed by atoms with E-state index in [2.05, 4.69) is 11.9 Å². The highest BCUT2D eigenvalue weighted by Gasteiger charge is 2.36. The number of carbonyl (C=O) groups excluding carboxylic acids is 2. The summed E-state index contributed by atoms with van der Waals surface area (Å²) < 4.78 is 0. The third kappa shape index (κ3) is 4.28. The summed E-state index contributed by atoms with van der Waals surface area (Å²) in [5.74, 6) is -0.220. The van der Waals surface area contributed by atoms with Gasteiger partial charge in [0.25, 0.3) is 0 Å². The molecule has 5 nitrogen and oxygen atoms in total. The number of hydrogen-bond acceptors (Lipinski definition) is 3. The lowest BCUT2D eigenvalue weighted by Gasteiger charge is -2.25. The topological polar surface area (TPSA) is 53.5 Å². The van der Waals surface area contributed by atoms with Gasteiger partial charge in [-0.2, -0.15) is 0 Å². The van der Waals surface area contributed by atoms with Crippen molar-refractivity contribution in [3.8, 4) is 0 Å². The molecule has 1 unspecified atom stereocenters. The van der Waals surface area contributed by atoms with Crippen molar-refractivity contribution in [2.75, 3.05) is 18.0 Å². The maximum absolute atomic E-state index is 13.1. The summed E-state index contributed by atoms with van der Waals surface area (Å²) in [5, 5.41) is 0. The Labute approximate surface area is 154 Å². The van der Waals surface area contributed by atoms with Gasteiger partial charge in [-0.3, -0.25) is 14.6 Å². The molecule has 1 aromatic carbocycles. The lowest BCUT2D eigenvalue weighted by molar-refractivity contribution is -0.129. The van der Waals surface area contributed by atoms with E-state index in [-0.39, 0.29) is 24.2 Å². The Balaban J connectivity index is 1.70.